The van der Waals surface area contributed by atoms with E-state index in [1.165, 1.54) is 24.8 Å². The Bertz CT molecular complexity index is 716. The van der Waals surface area contributed by atoms with Crippen LogP contribution in [0.3, 0.4) is 0 Å². The molecule has 0 saturated heterocycles. The fourth-order valence-electron chi connectivity index (χ4n) is 2.34. The van der Waals surface area contributed by atoms with Gasteiger partial charge in [-0.15, -0.1) is 0 Å². The van der Waals surface area contributed by atoms with Crippen molar-refractivity contribution in [2.75, 3.05) is 5.32 Å². The summed E-state index contributed by atoms with van der Waals surface area (Å²) in [7, 11) is 0. The summed E-state index contributed by atoms with van der Waals surface area (Å²) in [5.41, 5.74) is 5.95. The summed E-state index contributed by atoms with van der Waals surface area (Å²) in [5.74, 6) is 1.45. The highest BCUT2D eigenvalue weighted by Gasteiger charge is 2.23. The molecule has 0 radical (unpaired) electrons. The molecule has 5 nitrogen and oxygen atoms in total. The quantitative estimate of drug-likeness (QED) is 0.505. The summed E-state index contributed by atoms with van der Waals surface area (Å²) in [6.45, 7) is 3.99. The third-order valence-corrected chi connectivity index (χ3v) is 4.24. The first-order valence-corrected chi connectivity index (χ1v) is 8.16. The average Bonchev–Trinajstić information content (AvgIpc) is 2.91. The van der Waals surface area contributed by atoms with Crippen molar-refractivity contribution in [3.8, 4) is 0 Å². The predicted octanol–water partition coefficient (Wildman–Crippen LogP) is 3.96. The topological polar surface area (TPSA) is 62.5 Å². The van der Waals surface area contributed by atoms with E-state index in [0.29, 0.717) is 17.0 Å². The van der Waals surface area contributed by atoms with Crippen LogP contribution in [0.25, 0.3) is 0 Å². The van der Waals surface area contributed by atoms with E-state index in [1.807, 2.05) is 19.1 Å². The molecule has 0 unspecified atom stereocenters. The van der Waals surface area contributed by atoms with Crippen molar-refractivity contribution in [1.29, 1.82) is 0 Å². The van der Waals surface area contributed by atoms with Gasteiger partial charge in [0, 0.05) is 5.92 Å². The minimum atomic E-state index is 0.360. The summed E-state index contributed by atoms with van der Waals surface area (Å²) in [4.78, 5) is 4.20. The number of nitrogens with one attached hydrogen (secondary N) is 2. The number of nitrogens with zero attached hydrogens (tertiary/aromatic N) is 2. The number of oxazole rings is 1. The van der Waals surface area contributed by atoms with Gasteiger partial charge in [0.15, 0.2) is 5.11 Å². The maximum atomic E-state index is 5.66. The van der Waals surface area contributed by atoms with Gasteiger partial charge in [0.2, 0.25) is 0 Å². The third-order valence-electron chi connectivity index (χ3n) is 4.05. The van der Waals surface area contributed by atoms with Gasteiger partial charge < -0.3 is 4.42 Å². The van der Waals surface area contributed by atoms with Gasteiger partial charge in [0.05, 0.1) is 11.9 Å². The van der Waals surface area contributed by atoms with Crippen LogP contribution in [0.4, 0.5) is 6.01 Å². The Morgan fingerprint density at radius 2 is 2.04 bits per heavy atom. The minimum Gasteiger partial charge on any atom is -0.428 e. The molecule has 6 heteroatoms. The van der Waals surface area contributed by atoms with E-state index in [-0.39, 0.29) is 0 Å². The van der Waals surface area contributed by atoms with Crippen LogP contribution in [-0.2, 0) is 0 Å². The Morgan fingerprint density at radius 3 is 2.70 bits per heavy atom. The second kappa shape index (κ2) is 6.91. The van der Waals surface area contributed by atoms with Crippen molar-refractivity contribution in [2.24, 2.45) is 5.10 Å². The number of aryl methyl sites for hydroxylation is 1. The molecular formula is C17H20N4OS. The Kier molecular flexibility index (Phi) is 4.71. The number of aromatic nitrogens is 1. The van der Waals surface area contributed by atoms with Gasteiger partial charge in [-0.3, -0.25) is 10.7 Å². The van der Waals surface area contributed by atoms with Gasteiger partial charge in [-0.05, 0) is 44.5 Å². The minimum absolute atomic E-state index is 0.360. The zero-order valence-electron chi connectivity index (χ0n) is 13.3. The molecule has 2 N–H and O–H groups in total. The number of anilines is 1. The molecule has 0 amide bonds. The van der Waals surface area contributed by atoms with Crippen LogP contribution in [0.2, 0.25) is 0 Å². The fourth-order valence-corrected chi connectivity index (χ4v) is 2.48. The maximum Gasteiger partial charge on any atom is 0.301 e. The zero-order valence-corrected chi connectivity index (χ0v) is 14.1. The molecule has 1 fully saturated rings. The van der Waals surface area contributed by atoms with Gasteiger partial charge >= 0.3 is 6.01 Å². The lowest BCUT2D eigenvalue weighted by Crippen LogP contribution is -2.25. The first-order chi connectivity index (χ1) is 11.1. The van der Waals surface area contributed by atoms with Crippen LogP contribution in [0.1, 0.15) is 49.0 Å². The summed E-state index contributed by atoms with van der Waals surface area (Å²) in [6, 6.07) is 8.59. The van der Waals surface area contributed by atoms with E-state index in [1.54, 1.807) is 6.20 Å². The van der Waals surface area contributed by atoms with Crippen LogP contribution in [0, 0.1) is 6.92 Å². The predicted molar refractivity (Wildman–Crippen MR) is 95.8 cm³/mol. The number of benzene rings is 1. The van der Waals surface area contributed by atoms with Gasteiger partial charge in [0.1, 0.15) is 5.76 Å². The van der Waals surface area contributed by atoms with Gasteiger partial charge in [-0.1, -0.05) is 36.2 Å². The lowest BCUT2D eigenvalue weighted by Gasteiger charge is -2.22. The molecule has 0 aliphatic heterocycles. The van der Waals surface area contributed by atoms with Crippen LogP contribution < -0.4 is 10.7 Å². The molecule has 3 rings (SSSR count). The highest BCUT2D eigenvalue weighted by atomic mass is 32.1. The second-order valence-electron chi connectivity index (χ2n) is 5.82. The molecule has 0 bridgehead atoms. The van der Waals surface area contributed by atoms with E-state index >= 15 is 0 Å². The highest BCUT2D eigenvalue weighted by molar-refractivity contribution is 7.80. The second-order valence-corrected chi connectivity index (χ2v) is 6.23. The van der Waals surface area contributed by atoms with E-state index in [4.69, 9.17) is 16.6 Å². The van der Waals surface area contributed by atoms with Crippen LogP contribution >= 0.6 is 12.2 Å². The van der Waals surface area contributed by atoms with Crippen molar-refractivity contribution in [2.45, 2.75) is 39.0 Å². The van der Waals surface area contributed by atoms with Crippen molar-refractivity contribution in [1.82, 2.24) is 10.4 Å². The molecule has 120 valence electrons. The van der Waals surface area contributed by atoms with Crippen molar-refractivity contribution < 1.29 is 4.42 Å². The maximum absolute atomic E-state index is 5.66. The van der Waals surface area contributed by atoms with Crippen LogP contribution in [0.5, 0.6) is 0 Å². The van der Waals surface area contributed by atoms with Crippen LogP contribution in [-0.4, -0.2) is 15.8 Å². The molecule has 1 aromatic carbocycles. The Labute approximate surface area is 141 Å². The monoisotopic (exact) mass is 328 g/mol. The number of hydrazone groups is 1. The number of rotatable bonds is 4. The fraction of sp³-hybridized carbons (Fsp3) is 0.353. The van der Waals surface area contributed by atoms with Crippen molar-refractivity contribution in [3.63, 3.8) is 0 Å². The van der Waals surface area contributed by atoms with E-state index < -0.39 is 0 Å². The number of thiocarbonyl (C=S) groups is 1. The first-order valence-electron chi connectivity index (χ1n) is 7.76. The summed E-state index contributed by atoms with van der Waals surface area (Å²) >= 11 is 5.21. The lowest BCUT2D eigenvalue weighted by atomic mass is 9.84. The lowest BCUT2D eigenvalue weighted by molar-refractivity contribution is 0.351. The first kappa shape index (κ1) is 15.7. The number of hydrogen-bond donors (Lipinski definition) is 2. The van der Waals surface area contributed by atoms with E-state index in [9.17, 15) is 0 Å². The molecule has 23 heavy (non-hydrogen) atoms. The summed E-state index contributed by atoms with van der Waals surface area (Å²) in [6.07, 6.45) is 5.39. The molecule has 1 aromatic heterocycles. The third kappa shape index (κ3) is 3.96. The Balaban J connectivity index is 1.55. The number of hydrogen-bond acceptors (Lipinski definition) is 4. The molecule has 1 saturated carbocycles. The van der Waals surface area contributed by atoms with E-state index in [2.05, 4.69) is 39.9 Å². The summed E-state index contributed by atoms with van der Waals surface area (Å²) in [5, 5.41) is 7.56. The Morgan fingerprint density at radius 1 is 1.30 bits per heavy atom. The van der Waals surface area contributed by atoms with Gasteiger partial charge in [0.25, 0.3) is 0 Å². The van der Waals surface area contributed by atoms with Gasteiger partial charge in [-0.25, -0.2) is 4.98 Å². The molecule has 1 aliphatic carbocycles. The molecule has 0 atom stereocenters. The molecule has 1 aliphatic rings. The SMILES string of the molecule is C/C(=N\NC(=S)Nc1ncc(C2CCC2)o1)c1ccc(C)cc1. The molecule has 0 spiro atoms. The standard InChI is InChI=1S/C17H20N4OS/c1-11-6-8-13(9-7-11)12(2)20-21-17(23)19-16-18-10-15(22-16)14-4-3-5-14/h6-10,14H,3-5H2,1-2H3,(H2,18,19,21,23)/b20-12+. The highest BCUT2D eigenvalue weighted by Crippen LogP contribution is 2.37. The Hall–Kier alpha value is -2.21. The molecular weight excluding hydrogens is 308 g/mol. The molecule has 1 heterocycles. The van der Waals surface area contributed by atoms with Crippen LogP contribution in [0.15, 0.2) is 40.0 Å². The summed E-state index contributed by atoms with van der Waals surface area (Å²) < 4.78 is 5.66. The average molecular weight is 328 g/mol. The van der Waals surface area contributed by atoms with Crippen molar-refractivity contribution >= 4 is 29.1 Å². The molecule has 2 aromatic rings. The smallest absolute Gasteiger partial charge is 0.301 e. The zero-order chi connectivity index (χ0) is 16.2. The normalized spacial score (nSPS) is 15.1. The van der Waals surface area contributed by atoms with Gasteiger partial charge in [-0.2, -0.15) is 5.10 Å². The largest absolute Gasteiger partial charge is 0.428 e. The van der Waals surface area contributed by atoms with E-state index in [0.717, 1.165) is 17.0 Å². The van der Waals surface area contributed by atoms with Crippen molar-refractivity contribution in [3.05, 3.63) is 47.3 Å².